The number of aromatic nitrogens is 2. The molecule has 1 rings (SSSR count). The van der Waals surface area contributed by atoms with Crippen LogP contribution in [0.25, 0.3) is 0 Å². The summed E-state index contributed by atoms with van der Waals surface area (Å²) in [7, 11) is 0. The molecular formula is C7H5ClN2O. The Morgan fingerprint density at radius 1 is 1.45 bits per heavy atom. The average Bonchev–Trinajstić information content (AvgIpc) is 2.04. The van der Waals surface area contributed by atoms with Gasteiger partial charge in [0.2, 0.25) is 0 Å². The van der Waals surface area contributed by atoms with E-state index in [4.69, 9.17) is 16.7 Å². The van der Waals surface area contributed by atoms with E-state index in [1.54, 1.807) is 12.1 Å². The van der Waals surface area contributed by atoms with Crippen LogP contribution in [0, 0.1) is 11.8 Å². The number of hydrogen-bond acceptors (Lipinski definition) is 3. The van der Waals surface area contributed by atoms with Crippen LogP contribution in [0.2, 0.25) is 5.15 Å². The zero-order valence-corrected chi connectivity index (χ0v) is 6.34. The fraction of sp³-hybridized carbons (Fsp3) is 0.143. The number of rotatable bonds is 0. The lowest BCUT2D eigenvalue weighted by Gasteiger charge is -1.86. The predicted molar refractivity (Wildman–Crippen MR) is 41.0 cm³/mol. The first-order chi connectivity index (χ1) is 5.33. The predicted octanol–water partition coefficient (Wildman–Crippen LogP) is 0.474. The zero-order chi connectivity index (χ0) is 8.10. The van der Waals surface area contributed by atoms with Crippen LogP contribution in [0.3, 0.4) is 0 Å². The van der Waals surface area contributed by atoms with Crippen molar-refractivity contribution >= 4 is 11.6 Å². The molecule has 0 unspecified atom stereocenters. The van der Waals surface area contributed by atoms with Crippen molar-refractivity contribution in [2.75, 3.05) is 6.61 Å². The third-order valence-electron chi connectivity index (χ3n) is 0.928. The summed E-state index contributed by atoms with van der Waals surface area (Å²) in [4.78, 5) is 0. The Balaban J connectivity index is 2.82. The summed E-state index contributed by atoms with van der Waals surface area (Å²) in [6.45, 7) is -0.176. The molecule has 0 saturated heterocycles. The van der Waals surface area contributed by atoms with Crippen LogP contribution < -0.4 is 0 Å². The summed E-state index contributed by atoms with van der Waals surface area (Å²) in [5.74, 6) is 5.03. The summed E-state index contributed by atoms with van der Waals surface area (Å²) in [5, 5.41) is 15.9. The van der Waals surface area contributed by atoms with E-state index in [0.29, 0.717) is 10.8 Å². The summed E-state index contributed by atoms with van der Waals surface area (Å²) in [6, 6.07) is 3.23. The molecule has 0 spiro atoms. The van der Waals surface area contributed by atoms with Crippen molar-refractivity contribution < 1.29 is 5.11 Å². The molecule has 0 aliphatic rings. The maximum atomic E-state index is 8.33. The molecule has 1 N–H and O–H groups in total. The Kier molecular flexibility index (Phi) is 2.84. The van der Waals surface area contributed by atoms with Crippen LogP contribution in [0.4, 0.5) is 0 Å². The van der Waals surface area contributed by atoms with Crippen LogP contribution in [0.1, 0.15) is 5.69 Å². The molecule has 56 valence electrons. The van der Waals surface area contributed by atoms with Crippen molar-refractivity contribution in [3.8, 4) is 11.8 Å². The molecule has 0 fully saturated rings. The van der Waals surface area contributed by atoms with E-state index >= 15 is 0 Å². The molecule has 1 aromatic heterocycles. The highest BCUT2D eigenvalue weighted by atomic mass is 35.5. The summed E-state index contributed by atoms with van der Waals surface area (Å²) in [5.41, 5.74) is 0.503. The van der Waals surface area contributed by atoms with Gasteiger partial charge in [0.15, 0.2) is 5.15 Å². The third kappa shape index (κ3) is 2.54. The third-order valence-corrected chi connectivity index (χ3v) is 1.13. The number of nitrogens with zero attached hydrogens (tertiary/aromatic N) is 2. The Bertz CT molecular complexity index is 286. The van der Waals surface area contributed by atoms with E-state index in [-0.39, 0.29) is 6.61 Å². The number of hydrogen-bond donors (Lipinski definition) is 1. The Labute approximate surface area is 69.0 Å². The van der Waals surface area contributed by atoms with Gasteiger partial charge in [-0.3, -0.25) is 0 Å². The van der Waals surface area contributed by atoms with Gasteiger partial charge in [-0.1, -0.05) is 17.5 Å². The largest absolute Gasteiger partial charge is 0.384 e. The van der Waals surface area contributed by atoms with E-state index < -0.39 is 0 Å². The zero-order valence-electron chi connectivity index (χ0n) is 5.58. The lowest BCUT2D eigenvalue weighted by Crippen LogP contribution is -1.86. The van der Waals surface area contributed by atoms with Crippen LogP contribution >= 0.6 is 11.6 Å². The lowest BCUT2D eigenvalue weighted by molar-refractivity contribution is 0.350. The molecule has 0 amide bonds. The monoisotopic (exact) mass is 168 g/mol. The van der Waals surface area contributed by atoms with Gasteiger partial charge in [-0.05, 0) is 18.1 Å². The molecule has 1 aromatic rings. The van der Waals surface area contributed by atoms with Gasteiger partial charge in [0.05, 0.1) is 0 Å². The van der Waals surface area contributed by atoms with E-state index in [0.717, 1.165) is 0 Å². The summed E-state index contributed by atoms with van der Waals surface area (Å²) >= 11 is 5.47. The molecule has 0 aliphatic carbocycles. The Hall–Kier alpha value is -1.11. The summed E-state index contributed by atoms with van der Waals surface area (Å²) in [6.07, 6.45) is 0. The highest BCUT2D eigenvalue weighted by Crippen LogP contribution is 2.00. The van der Waals surface area contributed by atoms with Crippen LogP contribution in [0.15, 0.2) is 12.1 Å². The fourth-order valence-corrected chi connectivity index (χ4v) is 0.614. The van der Waals surface area contributed by atoms with Crippen LogP contribution in [-0.4, -0.2) is 21.9 Å². The van der Waals surface area contributed by atoms with Crippen LogP contribution in [-0.2, 0) is 0 Å². The van der Waals surface area contributed by atoms with Crippen molar-refractivity contribution in [2.45, 2.75) is 0 Å². The molecule has 0 aliphatic heterocycles. The molecular weight excluding hydrogens is 164 g/mol. The minimum absolute atomic E-state index is 0.176. The summed E-state index contributed by atoms with van der Waals surface area (Å²) < 4.78 is 0. The first-order valence-corrected chi connectivity index (χ1v) is 3.29. The first-order valence-electron chi connectivity index (χ1n) is 2.92. The van der Waals surface area contributed by atoms with Crippen molar-refractivity contribution in [1.82, 2.24) is 10.2 Å². The van der Waals surface area contributed by atoms with Gasteiger partial charge < -0.3 is 5.11 Å². The number of aliphatic hydroxyl groups is 1. The van der Waals surface area contributed by atoms with Gasteiger partial charge in [-0.15, -0.1) is 10.2 Å². The Morgan fingerprint density at radius 3 is 2.82 bits per heavy atom. The highest BCUT2D eigenvalue weighted by Gasteiger charge is 1.88. The molecule has 4 heteroatoms. The van der Waals surface area contributed by atoms with Crippen LogP contribution in [0.5, 0.6) is 0 Å². The second-order valence-electron chi connectivity index (χ2n) is 1.70. The molecule has 0 radical (unpaired) electrons. The van der Waals surface area contributed by atoms with Gasteiger partial charge in [-0.25, -0.2) is 0 Å². The topological polar surface area (TPSA) is 46.0 Å². The van der Waals surface area contributed by atoms with Gasteiger partial charge in [0.25, 0.3) is 0 Å². The smallest absolute Gasteiger partial charge is 0.151 e. The molecule has 0 saturated carbocycles. The standard InChI is InChI=1S/C7H5ClN2O/c8-7-4-3-6(9-10-7)2-1-5-11/h3-4,11H,5H2. The minimum Gasteiger partial charge on any atom is -0.384 e. The van der Waals surface area contributed by atoms with E-state index in [1.165, 1.54) is 0 Å². The van der Waals surface area contributed by atoms with Gasteiger partial charge >= 0.3 is 0 Å². The second kappa shape index (κ2) is 3.91. The molecule has 3 nitrogen and oxygen atoms in total. The van der Waals surface area contributed by atoms with Gasteiger partial charge in [0.1, 0.15) is 12.3 Å². The maximum Gasteiger partial charge on any atom is 0.151 e. The van der Waals surface area contributed by atoms with Crippen molar-refractivity contribution in [3.05, 3.63) is 23.0 Å². The van der Waals surface area contributed by atoms with Crippen molar-refractivity contribution in [2.24, 2.45) is 0 Å². The first kappa shape index (κ1) is 7.99. The average molecular weight is 169 g/mol. The molecule has 1 heterocycles. The van der Waals surface area contributed by atoms with E-state index in [1.807, 2.05) is 0 Å². The fourth-order valence-electron chi connectivity index (χ4n) is 0.513. The second-order valence-corrected chi connectivity index (χ2v) is 2.09. The highest BCUT2D eigenvalue weighted by molar-refractivity contribution is 6.29. The Morgan fingerprint density at radius 2 is 2.27 bits per heavy atom. The molecule has 0 bridgehead atoms. The van der Waals surface area contributed by atoms with Gasteiger partial charge in [0, 0.05) is 0 Å². The van der Waals surface area contributed by atoms with Crippen molar-refractivity contribution in [1.29, 1.82) is 0 Å². The van der Waals surface area contributed by atoms with E-state index in [9.17, 15) is 0 Å². The normalized spacial score (nSPS) is 8.55. The lowest BCUT2D eigenvalue weighted by atomic mass is 10.4. The van der Waals surface area contributed by atoms with E-state index in [2.05, 4.69) is 22.0 Å². The molecule has 11 heavy (non-hydrogen) atoms. The number of halogens is 1. The quantitative estimate of drug-likeness (QED) is 0.573. The molecule has 0 atom stereocenters. The maximum absolute atomic E-state index is 8.33. The van der Waals surface area contributed by atoms with Gasteiger partial charge in [-0.2, -0.15) is 0 Å². The minimum atomic E-state index is -0.176. The SMILES string of the molecule is OCC#Cc1ccc(Cl)nn1. The molecule has 0 aromatic carbocycles. The van der Waals surface area contributed by atoms with Crippen molar-refractivity contribution in [3.63, 3.8) is 0 Å². The number of aliphatic hydroxyl groups excluding tert-OH is 1.